The Balaban J connectivity index is 1.55. The summed E-state index contributed by atoms with van der Waals surface area (Å²) in [5.74, 6) is 0.643. The maximum Gasteiger partial charge on any atom is 0.257 e. The van der Waals surface area contributed by atoms with Crippen LogP contribution >= 0.6 is 15.9 Å². The number of benzene rings is 1. The van der Waals surface area contributed by atoms with Gasteiger partial charge in [-0.2, -0.15) is 0 Å². The lowest BCUT2D eigenvalue weighted by atomic mass is 10.2. The monoisotopic (exact) mass is 368 g/mol. The highest BCUT2D eigenvalue weighted by Crippen LogP contribution is 2.17. The number of carbonyl (C=O) groups is 1. The number of ether oxygens (including phenoxy) is 1. The third-order valence-electron chi connectivity index (χ3n) is 3.84. The van der Waals surface area contributed by atoms with Gasteiger partial charge in [-0.3, -0.25) is 4.79 Å². The topological polar surface area (TPSA) is 41.6 Å². The molecule has 2 rings (SSSR count). The number of hydrogen-bond acceptors (Lipinski definition) is 3. The van der Waals surface area contributed by atoms with E-state index in [1.807, 2.05) is 24.3 Å². The molecule has 4 nitrogen and oxygen atoms in total. The minimum atomic E-state index is -0.0594. The van der Waals surface area contributed by atoms with Gasteiger partial charge in [0.15, 0.2) is 6.61 Å². The summed E-state index contributed by atoms with van der Waals surface area (Å²) in [5, 5.41) is 2.92. The molecule has 1 N–H and O–H groups in total. The smallest absolute Gasteiger partial charge is 0.257 e. The van der Waals surface area contributed by atoms with Crippen molar-refractivity contribution in [2.45, 2.75) is 32.1 Å². The van der Waals surface area contributed by atoms with E-state index in [2.05, 4.69) is 26.1 Å². The van der Waals surface area contributed by atoms with Crippen molar-refractivity contribution in [2.24, 2.45) is 0 Å². The Morgan fingerprint density at radius 1 is 1.23 bits per heavy atom. The van der Waals surface area contributed by atoms with Crippen molar-refractivity contribution in [3.63, 3.8) is 0 Å². The van der Waals surface area contributed by atoms with Crippen LogP contribution in [0.5, 0.6) is 5.75 Å². The highest BCUT2D eigenvalue weighted by atomic mass is 79.9. The van der Waals surface area contributed by atoms with Crippen molar-refractivity contribution < 1.29 is 9.53 Å². The summed E-state index contributed by atoms with van der Waals surface area (Å²) in [6, 6.07) is 7.51. The van der Waals surface area contributed by atoms with Gasteiger partial charge in [0.1, 0.15) is 5.75 Å². The second-order valence-electron chi connectivity index (χ2n) is 5.71. The molecule has 22 heavy (non-hydrogen) atoms. The van der Waals surface area contributed by atoms with E-state index in [1.165, 1.54) is 38.8 Å². The third-order valence-corrected chi connectivity index (χ3v) is 4.33. The molecule has 1 heterocycles. The molecule has 1 amide bonds. The summed E-state index contributed by atoms with van der Waals surface area (Å²) in [6.07, 6.45) is 6.35. The second-order valence-corrected chi connectivity index (χ2v) is 6.62. The molecule has 122 valence electrons. The van der Waals surface area contributed by atoms with E-state index in [1.54, 1.807) is 0 Å². The van der Waals surface area contributed by atoms with Gasteiger partial charge in [-0.15, -0.1) is 0 Å². The molecular weight excluding hydrogens is 344 g/mol. The van der Waals surface area contributed by atoms with Gasteiger partial charge in [-0.25, -0.2) is 0 Å². The molecule has 1 aliphatic rings. The Morgan fingerprint density at radius 3 is 2.73 bits per heavy atom. The first-order valence-corrected chi connectivity index (χ1v) is 8.91. The molecule has 1 aromatic rings. The minimum absolute atomic E-state index is 0.0594. The van der Waals surface area contributed by atoms with Crippen molar-refractivity contribution in [2.75, 3.05) is 32.8 Å². The van der Waals surface area contributed by atoms with Crippen LogP contribution < -0.4 is 10.1 Å². The van der Waals surface area contributed by atoms with Crippen LogP contribution in [-0.4, -0.2) is 43.6 Å². The number of rotatable bonds is 7. The Bertz CT molecular complexity index is 460. The SMILES string of the molecule is O=C(COc1cccc(Br)c1)NCCCN1CCCCCC1. The molecule has 0 bridgehead atoms. The first-order valence-electron chi connectivity index (χ1n) is 8.11. The van der Waals surface area contributed by atoms with Crippen LogP contribution in [0.1, 0.15) is 32.1 Å². The van der Waals surface area contributed by atoms with Gasteiger partial charge in [0, 0.05) is 11.0 Å². The Labute approximate surface area is 141 Å². The number of amides is 1. The zero-order valence-corrected chi connectivity index (χ0v) is 14.6. The summed E-state index contributed by atoms with van der Waals surface area (Å²) in [6.45, 7) is 4.28. The van der Waals surface area contributed by atoms with Crippen LogP contribution in [0, 0.1) is 0 Å². The molecule has 1 aromatic carbocycles. The molecule has 0 atom stereocenters. The normalized spacial score (nSPS) is 16.0. The van der Waals surface area contributed by atoms with Crippen LogP contribution in [-0.2, 0) is 4.79 Å². The van der Waals surface area contributed by atoms with E-state index in [4.69, 9.17) is 4.74 Å². The van der Waals surface area contributed by atoms with E-state index in [0.717, 1.165) is 24.0 Å². The maximum atomic E-state index is 11.7. The zero-order valence-electron chi connectivity index (χ0n) is 13.0. The number of hydrogen-bond donors (Lipinski definition) is 1. The van der Waals surface area contributed by atoms with E-state index < -0.39 is 0 Å². The highest BCUT2D eigenvalue weighted by molar-refractivity contribution is 9.10. The van der Waals surface area contributed by atoms with Crippen molar-refractivity contribution in [3.05, 3.63) is 28.7 Å². The van der Waals surface area contributed by atoms with Crippen molar-refractivity contribution in [3.8, 4) is 5.75 Å². The summed E-state index contributed by atoms with van der Waals surface area (Å²) in [4.78, 5) is 14.3. The molecule has 0 radical (unpaired) electrons. The molecule has 1 fully saturated rings. The third kappa shape index (κ3) is 6.79. The number of nitrogens with one attached hydrogen (secondary N) is 1. The quantitative estimate of drug-likeness (QED) is 0.751. The van der Waals surface area contributed by atoms with Crippen molar-refractivity contribution in [1.82, 2.24) is 10.2 Å². The molecule has 0 unspecified atom stereocenters. The molecule has 1 aliphatic heterocycles. The minimum Gasteiger partial charge on any atom is -0.484 e. The summed E-state index contributed by atoms with van der Waals surface area (Å²) < 4.78 is 6.41. The second kappa shape index (κ2) is 9.85. The average Bonchev–Trinajstić information content (AvgIpc) is 2.78. The van der Waals surface area contributed by atoms with Crippen molar-refractivity contribution >= 4 is 21.8 Å². The Kier molecular flexibility index (Phi) is 7.74. The van der Waals surface area contributed by atoms with Gasteiger partial charge in [-0.05, 0) is 57.1 Å². The van der Waals surface area contributed by atoms with E-state index in [0.29, 0.717) is 5.75 Å². The number of carbonyl (C=O) groups excluding carboxylic acids is 1. The molecular formula is C17H25BrN2O2. The van der Waals surface area contributed by atoms with Gasteiger partial charge in [-0.1, -0.05) is 34.8 Å². The summed E-state index contributed by atoms with van der Waals surface area (Å²) in [7, 11) is 0. The Hall–Kier alpha value is -1.07. The fraction of sp³-hybridized carbons (Fsp3) is 0.588. The van der Waals surface area contributed by atoms with Gasteiger partial charge in [0.05, 0.1) is 0 Å². The lowest BCUT2D eigenvalue weighted by molar-refractivity contribution is -0.123. The van der Waals surface area contributed by atoms with Crippen LogP contribution in [0.25, 0.3) is 0 Å². The van der Waals surface area contributed by atoms with Crippen molar-refractivity contribution in [1.29, 1.82) is 0 Å². The first-order chi connectivity index (χ1) is 10.7. The van der Waals surface area contributed by atoms with E-state index in [-0.39, 0.29) is 12.5 Å². The molecule has 0 saturated carbocycles. The van der Waals surface area contributed by atoms with E-state index in [9.17, 15) is 4.79 Å². The van der Waals surface area contributed by atoms with Crippen LogP contribution in [0.4, 0.5) is 0 Å². The average molecular weight is 369 g/mol. The van der Waals surface area contributed by atoms with Gasteiger partial charge in [0.25, 0.3) is 5.91 Å². The predicted molar refractivity (Wildman–Crippen MR) is 92.2 cm³/mol. The highest BCUT2D eigenvalue weighted by Gasteiger charge is 2.08. The van der Waals surface area contributed by atoms with Gasteiger partial charge < -0.3 is 15.0 Å². The van der Waals surface area contributed by atoms with Gasteiger partial charge >= 0.3 is 0 Å². The van der Waals surface area contributed by atoms with Gasteiger partial charge in [0.2, 0.25) is 0 Å². The number of likely N-dealkylation sites (tertiary alicyclic amines) is 1. The fourth-order valence-corrected chi connectivity index (χ4v) is 3.03. The summed E-state index contributed by atoms with van der Waals surface area (Å²) in [5.41, 5.74) is 0. The molecule has 0 aliphatic carbocycles. The molecule has 5 heteroatoms. The Morgan fingerprint density at radius 2 is 2.00 bits per heavy atom. The zero-order chi connectivity index (χ0) is 15.6. The van der Waals surface area contributed by atoms with Crippen LogP contribution in [0.2, 0.25) is 0 Å². The van der Waals surface area contributed by atoms with Crippen LogP contribution in [0.3, 0.4) is 0 Å². The summed E-state index contributed by atoms with van der Waals surface area (Å²) >= 11 is 3.38. The largest absolute Gasteiger partial charge is 0.484 e. The lowest BCUT2D eigenvalue weighted by Gasteiger charge is -2.19. The molecule has 0 aromatic heterocycles. The fourth-order valence-electron chi connectivity index (χ4n) is 2.65. The molecule has 0 spiro atoms. The van der Waals surface area contributed by atoms with E-state index >= 15 is 0 Å². The lowest BCUT2D eigenvalue weighted by Crippen LogP contribution is -2.33. The number of halogens is 1. The predicted octanol–water partition coefficient (Wildman–Crippen LogP) is 3.21. The number of nitrogens with zero attached hydrogens (tertiary/aromatic N) is 1. The maximum absolute atomic E-state index is 11.7. The standard InChI is InChI=1S/C17H25BrN2O2/c18-15-7-5-8-16(13-15)22-14-17(21)19-9-6-12-20-10-3-1-2-4-11-20/h5,7-8,13H,1-4,6,9-12,14H2,(H,19,21). The molecule has 1 saturated heterocycles. The first kappa shape index (κ1) is 17.3. The van der Waals surface area contributed by atoms with Crippen LogP contribution in [0.15, 0.2) is 28.7 Å².